The van der Waals surface area contributed by atoms with Gasteiger partial charge < -0.3 is 10.2 Å². The first-order chi connectivity index (χ1) is 11.6. The van der Waals surface area contributed by atoms with Crippen LogP contribution in [0.4, 0.5) is 15.9 Å². The fraction of sp³-hybridized carbons (Fsp3) is 0.533. The van der Waals surface area contributed by atoms with E-state index >= 15 is 0 Å². The van der Waals surface area contributed by atoms with E-state index in [4.69, 9.17) is 0 Å². The van der Waals surface area contributed by atoms with Crippen LogP contribution in [0.1, 0.15) is 37.6 Å². The van der Waals surface area contributed by atoms with E-state index in [1.54, 1.807) is 18.5 Å². The lowest BCUT2D eigenvalue weighted by Gasteiger charge is -2.32. The van der Waals surface area contributed by atoms with Gasteiger partial charge >= 0.3 is 6.03 Å². The molecule has 0 spiro atoms. The van der Waals surface area contributed by atoms with Crippen LogP contribution in [0, 0.1) is 0 Å². The van der Waals surface area contributed by atoms with Crippen molar-refractivity contribution in [2.24, 2.45) is 0 Å². The molecule has 8 nitrogen and oxygen atoms in total. The predicted molar refractivity (Wildman–Crippen MR) is 93.4 cm³/mol. The van der Waals surface area contributed by atoms with Gasteiger partial charge in [0.15, 0.2) is 0 Å². The second-order valence-electron chi connectivity index (χ2n) is 6.03. The van der Waals surface area contributed by atoms with Gasteiger partial charge in [0.1, 0.15) is 5.01 Å². The minimum atomic E-state index is -0.248. The maximum atomic E-state index is 12.2. The third-order valence-electron chi connectivity index (χ3n) is 3.75. The maximum absolute atomic E-state index is 12.2. The highest BCUT2D eigenvalue weighted by atomic mass is 32.1. The van der Waals surface area contributed by atoms with Crippen molar-refractivity contribution in [2.45, 2.75) is 38.6 Å². The number of hydrogen-bond donors (Lipinski definition) is 2. The van der Waals surface area contributed by atoms with Crippen molar-refractivity contribution in [2.75, 3.05) is 23.3 Å². The molecule has 1 aliphatic heterocycles. The first kappa shape index (κ1) is 16.6. The van der Waals surface area contributed by atoms with Crippen molar-refractivity contribution in [3.63, 3.8) is 0 Å². The molecule has 2 aromatic rings. The average molecular weight is 347 g/mol. The zero-order valence-electron chi connectivity index (χ0n) is 13.8. The Bertz CT molecular complexity index is 675. The van der Waals surface area contributed by atoms with Gasteiger partial charge in [-0.15, -0.1) is 10.2 Å². The highest BCUT2D eigenvalue weighted by molar-refractivity contribution is 7.15. The van der Waals surface area contributed by atoms with Crippen molar-refractivity contribution in [1.82, 2.24) is 25.5 Å². The molecule has 0 aromatic carbocycles. The van der Waals surface area contributed by atoms with Gasteiger partial charge in [-0.05, 0) is 18.9 Å². The summed E-state index contributed by atoms with van der Waals surface area (Å²) in [4.78, 5) is 22.8. The molecule has 1 atom stereocenters. The summed E-state index contributed by atoms with van der Waals surface area (Å²) in [5, 5.41) is 15.3. The number of amides is 2. The van der Waals surface area contributed by atoms with Crippen LogP contribution in [0.25, 0.3) is 0 Å². The largest absolute Gasteiger partial charge is 0.339 e. The smallest absolute Gasteiger partial charge is 0.321 e. The van der Waals surface area contributed by atoms with Gasteiger partial charge in [-0.2, -0.15) is 0 Å². The molecule has 1 saturated heterocycles. The van der Waals surface area contributed by atoms with Gasteiger partial charge in [-0.25, -0.2) is 14.8 Å². The fourth-order valence-corrected chi connectivity index (χ4v) is 3.31. The van der Waals surface area contributed by atoms with Crippen LogP contribution < -0.4 is 15.5 Å². The van der Waals surface area contributed by atoms with Gasteiger partial charge in [-0.3, -0.25) is 5.32 Å². The number of carbonyl (C=O) groups excluding carboxylic acids is 1. The van der Waals surface area contributed by atoms with Crippen LogP contribution >= 0.6 is 11.3 Å². The van der Waals surface area contributed by atoms with Crippen molar-refractivity contribution in [3.8, 4) is 0 Å². The molecule has 2 amide bonds. The van der Waals surface area contributed by atoms with Gasteiger partial charge in [0.2, 0.25) is 11.1 Å². The average Bonchev–Trinajstić information content (AvgIpc) is 3.04. The first-order valence-corrected chi connectivity index (χ1v) is 8.86. The van der Waals surface area contributed by atoms with E-state index in [1.165, 1.54) is 11.3 Å². The molecule has 24 heavy (non-hydrogen) atoms. The number of aromatic nitrogens is 4. The molecule has 2 aromatic heterocycles. The second kappa shape index (κ2) is 7.52. The molecule has 0 aliphatic carbocycles. The number of rotatable bonds is 4. The standard InChI is InChI=1S/C15H21N7OS/c1-10(2)12-20-21-15(24-12)19-14(23)18-11-5-3-8-22(9-11)13-16-6-4-7-17-13/h4,6-7,10-11H,3,5,8-9H2,1-2H3,(H2,18,19,21,23)/t11-/m0/s1. The van der Waals surface area contributed by atoms with E-state index in [1.807, 2.05) is 13.8 Å². The normalized spacial score (nSPS) is 17.8. The van der Waals surface area contributed by atoms with Gasteiger partial charge in [0.25, 0.3) is 0 Å². The zero-order chi connectivity index (χ0) is 16.9. The number of nitrogens with one attached hydrogen (secondary N) is 2. The molecule has 2 N–H and O–H groups in total. The summed E-state index contributed by atoms with van der Waals surface area (Å²) < 4.78 is 0. The Morgan fingerprint density at radius 2 is 2.12 bits per heavy atom. The number of hydrogen-bond acceptors (Lipinski definition) is 7. The Morgan fingerprint density at radius 3 is 2.83 bits per heavy atom. The molecular formula is C15H21N7OS. The van der Waals surface area contributed by atoms with E-state index < -0.39 is 0 Å². The van der Waals surface area contributed by atoms with E-state index in [0.717, 1.165) is 24.4 Å². The van der Waals surface area contributed by atoms with Crippen molar-refractivity contribution >= 4 is 28.4 Å². The molecular weight excluding hydrogens is 326 g/mol. The minimum absolute atomic E-state index is 0.0556. The topological polar surface area (TPSA) is 95.9 Å². The number of carbonyl (C=O) groups is 1. The lowest BCUT2D eigenvalue weighted by molar-refractivity contribution is 0.246. The maximum Gasteiger partial charge on any atom is 0.321 e. The van der Waals surface area contributed by atoms with Crippen LogP contribution in [0.15, 0.2) is 18.5 Å². The summed E-state index contributed by atoms with van der Waals surface area (Å²) in [6.07, 6.45) is 5.38. The summed E-state index contributed by atoms with van der Waals surface area (Å²) in [5.74, 6) is 1.01. The highest BCUT2D eigenvalue weighted by Gasteiger charge is 2.23. The Kier molecular flexibility index (Phi) is 5.19. The second-order valence-corrected chi connectivity index (χ2v) is 7.04. The summed E-state index contributed by atoms with van der Waals surface area (Å²) in [6, 6.07) is 1.60. The number of anilines is 2. The first-order valence-electron chi connectivity index (χ1n) is 8.04. The Balaban J connectivity index is 1.54. The highest BCUT2D eigenvalue weighted by Crippen LogP contribution is 2.22. The monoisotopic (exact) mass is 347 g/mol. The molecule has 9 heteroatoms. The quantitative estimate of drug-likeness (QED) is 0.880. The molecule has 1 aliphatic rings. The van der Waals surface area contributed by atoms with Gasteiger partial charge in [0, 0.05) is 37.4 Å². The molecule has 0 bridgehead atoms. The molecule has 3 rings (SSSR count). The Morgan fingerprint density at radius 1 is 1.33 bits per heavy atom. The summed E-state index contributed by atoms with van der Waals surface area (Å²) >= 11 is 1.40. The van der Waals surface area contributed by atoms with E-state index in [2.05, 4.69) is 35.7 Å². The Labute approximate surface area is 144 Å². The number of urea groups is 1. The van der Waals surface area contributed by atoms with Gasteiger partial charge in [-0.1, -0.05) is 25.2 Å². The molecule has 0 unspecified atom stereocenters. The minimum Gasteiger partial charge on any atom is -0.339 e. The van der Waals surface area contributed by atoms with Crippen molar-refractivity contribution in [1.29, 1.82) is 0 Å². The summed E-state index contributed by atoms with van der Waals surface area (Å²) in [5.41, 5.74) is 0. The summed E-state index contributed by atoms with van der Waals surface area (Å²) in [7, 11) is 0. The molecule has 1 fully saturated rings. The summed E-state index contributed by atoms with van der Waals surface area (Å²) in [6.45, 7) is 5.70. The Hall–Kier alpha value is -2.29. The fourth-order valence-electron chi connectivity index (χ4n) is 2.57. The van der Waals surface area contributed by atoms with Crippen molar-refractivity contribution in [3.05, 3.63) is 23.5 Å². The molecule has 128 valence electrons. The van der Waals surface area contributed by atoms with Crippen LogP contribution in [0.3, 0.4) is 0 Å². The molecule has 0 radical (unpaired) electrons. The van der Waals surface area contributed by atoms with Crippen LogP contribution in [-0.4, -0.2) is 45.3 Å². The van der Waals surface area contributed by atoms with E-state index in [0.29, 0.717) is 23.5 Å². The number of piperidine rings is 1. The van der Waals surface area contributed by atoms with Crippen LogP contribution in [-0.2, 0) is 0 Å². The SMILES string of the molecule is CC(C)c1nnc(NC(=O)N[C@H]2CCCN(c3ncccn3)C2)s1. The molecule has 0 saturated carbocycles. The predicted octanol–water partition coefficient (Wildman–Crippen LogP) is 2.24. The lowest BCUT2D eigenvalue weighted by Crippen LogP contribution is -2.49. The van der Waals surface area contributed by atoms with Crippen LogP contribution in [0.5, 0.6) is 0 Å². The number of nitrogens with zero attached hydrogens (tertiary/aromatic N) is 5. The third-order valence-corrected chi connectivity index (χ3v) is 4.89. The third kappa shape index (κ3) is 4.16. The zero-order valence-corrected chi connectivity index (χ0v) is 14.6. The van der Waals surface area contributed by atoms with Crippen LogP contribution in [0.2, 0.25) is 0 Å². The molecule has 3 heterocycles. The van der Waals surface area contributed by atoms with E-state index in [-0.39, 0.29) is 12.1 Å². The van der Waals surface area contributed by atoms with Gasteiger partial charge in [0.05, 0.1) is 0 Å². The lowest BCUT2D eigenvalue weighted by atomic mass is 10.1. The van der Waals surface area contributed by atoms with Crippen molar-refractivity contribution < 1.29 is 4.79 Å². The van der Waals surface area contributed by atoms with E-state index in [9.17, 15) is 4.79 Å².